The Morgan fingerprint density at radius 1 is 1.19 bits per heavy atom. The summed E-state index contributed by atoms with van der Waals surface area (Å²) in [7, 11) is 1.73. The minimum atomic E-state index is 0.903. The van der Waals surface area contributed by atoms with Gasteiger partial charge >= 0.3 is 0 Å². The molecule has 0 aliphatic carbocycles. The van der Waals surface area contributed by atoms with Crippen molar-refractivity contribution in [2.75, 3.05) is 44.7 Å². The highest BCUT2D eigenvalue weighted by atomic mass is 16.5. The van der Waals surface area contributed by atoms with Gasteiger partial charge in [-0.1, -0.05) is 12.1 Å². The molecule has 1 saturated heterocycles. The third-order valence-electron chi connectivity index (χ3n) is 3.11. The Bertz CT molecular complexity index is 332. The highest BCUT2D eigenvalue weighted by Gasteiger charge is 2.17. The smallest absolute Gasteiger partial charge is 0.142 e. The van der Waals surface area contributed by atoms with E-state index in [0.717, 1.165) is 38.5 Å². The zero-order chi connectivity index (χ0) is 11.4. The molecular formula is C13H19N2O. The summed E-state index contributed by atoms with van der Waals surface area (Å²) < 4.78 is 5.38. The van der Waals surface area contributed by atoms with Gasteiger partial charge in [0, 0.05) is 26.2 Å². The molecule has 87 valence electrons. The third kappa shape index (κ3) is 2.30. The first-order valence-electron chi connectivity index (χ1n) is 5.74. The first-order chi connectivity index (χ1) is 7.85. The molecule has 1 aromatic rings. The van der Waals surface area contributed by atoms with Crippen LogP contribution in [0.3, 0.4) is 0 Å². The largest absolute Gasteiger partial charge is 0.495 e. The Hall–Kier alpha value is -1.22. The summed E-state index contributed by atoms with van der Waals surface area (Å²) in [5, 5.41) is 0. The summed E-state index contributed by atoms with van der Waals surface area (Å²) >= 11 is 0. The molecule has 0 N–H and O–H groups in total. The van der Waals surface area contributed by atoms with Crippen molar-refractivity contribution in [3.63, 3.8) is 0 Å². The maximum atomic E-state index is 5.38. The summed E-state index contributed by atoms with van der Waals surface area (Å²) in [6.07, 6.45) is 0. The molecule has 16 heavy (non-hydrogen) atoms. The molecule has 1 heterocycles. The number of benzene rings is 1. The van der Waals surface area contributed by atoms with Gasteiger partial charge in [-0.25, -0.2) is 0 Å². The van der Waals surface area contributed by atoms with Gasteiger partial charge < -0.3 is 9.64 Å². The second kappa shape index (κ2) is 5.21. The minimum Gasteiger partial charge on any atom is -0.495 e. The lowest BCUT2D eigenvalue weighted by molar-refractivity contribution is 0.282. The van der Waals surface area contributed by atoms with Crippen molar-refractivity contribution in [1.82, 2.24) is 4.90 Å². The molecule has 1 aliphatic rings. The van der Waals surface area contributed by atoms with E-state index in [1.165, 1.54) is 5.69 Å². The average Bonchev–Trinajstić information content (AvgIpc) is 2.39. The number of nitrogens with zero attached hydrogens (tertiary/aromatic N) is 2. The summed E-state index contributed by atoms with van der Waals surface area (Å²) in [4.78, 5) is 4.75. The predicted octanol–water partition coefficient (Wildman–Crippen LogP) is 1.65. The highest BCUT2D eigenvalue weighted by molar-refractivity contribution is 5.58. The van der Waals surface area contributed by atoms with E-state index < -0.39 is 0 Å². The Morgan fingerprint density at radius 2 is 1.88 bits per heavy atom. The molecule has 1 aliphatic heterocycles. The quantitative estimate of drug-likeness (QED) is 0.769. The maximum absolute atomic E-state index is 5.38. The Kier molecular flexibility index (Phi) is 3.67. The van der Waals surface area contributed by atoms with Gasteiger partial charge in [0.2, 0.25) is 0 Å². The lowest BCUT2D eigenvalue weighted by Gasteiger charge is -2.36. The molecule has 0 unspecified atom stereocenters. The van der Waals surface area contributed by atoms with Gasteiger partial charge in [0.05, 0.1) is 12.8 Å². The number of hydrogen-bond acceptors (Lipinski definition) is 3. The number of hydrogen-bond donors (Lipinski definition) is 0. The van der Waals surface area contributed by atoms with Crippen LogP contribution in [0.2, 0.25) is 0 Å². The van der Waals surface area contributed by atoms with Crippen molar-refractivity contribution < 1.29 is 4.74 Å². The second-order valence-electron chi connectivity index (χ2n) is 4.00. The molecule has 3 nitrogen and oxygen atoms in total. The molecule has 0 aromatic heterocycles. The molecule has 1 fully saturated rings. The van der Waals surface area contributed by atoms with Crippen LogP contribution in [0, 0.1) is 6.92 Å². The highest BCUT2D eigenvalue weighted by Crippen LogP contribution is 2.28. The molecule has 1 aromatic carbocycles. The number of methoxy groups -OCH3 is 1. The Morgan fingerprint density at radius 3 is 2.50 bits per heavy atom. The summed E-state index contributed by atoms with van der Waals surface area (Å²) in [6.45, 7) is 9.10. The van der Waals surface area contributed by atoms with Crippen LogP contribution in [-0.2, 0) is 0 Å². The van der Waals surface area contributed by atoms with E-state index >= 15 is 0 Å². The SMILES string of the molecule is [CH2]CN1CCN(c2ccccc2OC)CC1. The van der Waals surface area contributed by atoms with Crippen molar-refractivity contribution in [3.8, 4) is 5.75 Å². The van der Waals surface area contributed by atoms with E-state index in [9.17, 15) is 0 Å². The van der Waals surface area contributed by atoms with Gasteiger partial charge in [-0.2, -0.15) is 0 Å². The van der Waals surface area contributed by atoms with E-state index in [2.05, 4.69) is 28.9 Å². The van der Waals surface area contributed by atoms with Crippen LogP contribution < -0.4 is 9.64 Å². The average molecular weight is 219 g/mol. The van der Waals surface area contributed by atoms with E-state index in [0.29, 0.717) is 0 Å². The number of piperazine rings is 1. The monoisotopic (exact) mass is 219 g/mol. The fourth-order valence-electron chi connectivity index (χ4n) is 2.10. The molecule has 0 saturated carbocycles. The van der Waals surface area contributed by atoms with Crippen molar-refractivity contribution in [3.05, 3.63) is 31.2 Å². The number of ether oxygens (including phenoxy) is 1. The van der Waals surface area contributed by atoms with Crippen molar-refractivity contribution >= 4 is 5.69 Å². The van der Waals surface area contributed by atoms with E-state index in [-0.39, 0.29) is 0 Å². The molecule has 0 spiro atoms. The molecule has 0 bridgehead atoms. The number of rotatable bonds is 3. The zero-order valence-electron chi connectivity index (χ0n) is 9.85. The number of anilines is 1. The van der Waals surface area contributed by atoms with Crippen LogP contribution >= 0.6 is 0 Å². The van der Waals surface area contributed by atoms with Crippen LogP contribution in [0.5, 0.6) is 5.75 Å². The van der Waals surface area contributed by atoms with Crippen LogP contribution in [0.15, 0.2) is 24.3 Å². The molecule has 1 radical (unpaired) electrons. The lowest BCUT2D eigenvalue weighted by Crippen LogP contribution is -2.46. The maximum Gasteiger partial charge on any atom is 0.142 e. The Balaban J connectivity index is 2.07. The van der Waals surface area contributed by atoms with Gasteiger partial charge in [0.1, 0.15) is 5.75 Å². The van der Waals surface area contributed by atoms with Crippen LogP contribution in [-0.4, -0.2) is 44.7 Å². The molecule has 3 heteroatoms. The molecule has 0 atom stereocenters. The zero-order valence-corrected chi connectivity index (χ0v) is 9.85. The minimum absolute atomic E-state index is 0.903. The van der Waals surface area contributed by atoms with Gasteiger partial charge in [0.25, 0.3) is 0 Å². The topological polar surface area (TPSA) is 15.7 Å². The van der Waals surface area contributed by atoms with Gasteiger partial charge in [0.15, 0.2) is 0 Å². The van der Waals surface area contributed by atoms with E-state index in [1.54, 1.807) is 7.11 Å². The predicted molar refractivity (Wildman–Crippen MR) is 67.0 cm³/mol. The Labute approximate surface area is 97.6 Å². The van der Waals surface area contributed by atoms with Crippen molar-refractivity contribution in [2.45, 2.75) is 0 Å². The lowest BCUT2D eigenvalue weighted by atomic mass is 10.2. The summed E-state index contributed by atoms with van der Waals surface area (Å²) in [5.74, 6) is 0.963. The first kappa shape index (κ1) is 11.3. The first-order valence-corrected chi connectivity index (χ1v) is 5.74. The van der Waals surface area contributed by atoms with E-state index in [4.69, 9.17) is 4.74 Å². The summed E-state index contributed by atoms with van der Waals surface area (Å²) in [6, 6.07) is 8.21. The third-order valence-corrected chi connectivity index (χ3v) is 3.11. The van der Waals surface area contributed by atoms with Crippen LogP contribution in [0.1, 0.15) is 0 Å². The molecular weight excluding hydrogens is 200 g/mol. The fourth-order valence-corrected chi connectivity index (χ4v) is 2.10. The summed E-state index contributed by atoms with van der Waals surface area (Å²) in [5.41, 5.74) is 1.20. The number of para-hydroxylation sites is 2. The van der Waals surface area contributed by atoms with Crippen LogP contribution in [0.25, 0.3) is 0 Å². The van der Waals surface area contributed by atoms with Gasteiger partial charge in [-0.05, 0) is 25.6 Å². The van der Waals surface area contributed by atoms with Crippen LogP contribution in [0.4, 0.5) is 5.69 Å². The van der Waals surface area contributed by atoms with Gasteiger partial charge in [-0.3, -0.25) is 4.90 Å². The van der Waals surface area contributed by atoms with Crippen molar-refractivity contribution in [2.24, 2.45) is 0 Å². The standard InChI is InChI=1S/C13H19N2O/c1-3-14-8-10-15(11-9-14)12-6-4-5-7-13(12)16-2/h4-7H,1,3,8-11H2,2H3. The molecule has 2 rings (SSSR count). The molecule has 0 amide bonds. The second-order valence-corrected chi connectivity index (χ2v) is 4.00. The van der Waals surface area contributed by atoms with Gasteiger partial charge in [-0.15, -0.1) is 0 Å². The van der Waals surface area contributed by atoms with E-state index in [1.807, 2.05) is 12.1 Å². The fraction of sp³-hybridized carbons (Fsp3) is 0.462. The normalized spacial score (nSPS) is 17.5. The van der Waals surface area contributed by atoms with Crippen molar-refractivity contribution in [1.29, 1.82) is 0 Å².